The smallest absolute Gasteiger partial charge is 0.231 e. The van der Waals surface area contributed by atoms with E-state index in [1.807, 2.05) is 42.1 Å². The number of benzene rings is 2. The number of carbonyl (C=O) groups is 1. The van der Waals surface area contributed by atoms with Gasteiger partial charge in [-0.1, -0.05) is 36.9 Å². The molecule has 0 radical (unpaired) electrons. The molecule has 154 valence electrons. The fourth-order valence-corrected chi connectivity index (χ4v) is 4.68. The standard InChI is InChI=1S/C25H26N2O3/c1-16-9-11-27(12-10-16)15-20-22(28)8-7-19-24(29)23(30-25(19)20)13-17-14-26(2)21-6-4-3-5-18(17)21/h3-8,13-14,16,28H,9-12,15H2,1-2H3/b23-13+. The van der Waals surface area contributed by atoms with Crippen molar-refractivity contribution in [3.8, 4) is 11.5 Å². The molecule has 5 heteroatoms. The number of piperidine rings is 1. The molecule has 3 heterocycles. The lowest BCUT2D eigenvalue weighted by Gasteiger charge is -2.29. The lowest BCUT2D eigenvalue weighted by molar-refractivity contribution is -0.919. The van der Waals surface area contributed by atoms with Crippen molar-refractivity contribution in [3.05, 3.63) is 65.0 Å². The summed E-state index contributed by atoms with van der Waals surface area (Å²) in [5.41, 5.74) is 3.16. The molecule has 0 spiro atoms. The molecule has 5 nitrogen and oxygen atoms in total. The number of quaternary nitrogens is 1. The van der Waals surface area contributed by atoms with Gasteiger partial charge in [0.1, 0.15) is 12.3 Å². The molecule has 0 aliphatic carbocycles. The number of ketones is 1. The fourth-order valence-electron chi connectivity index (χ4n) is 4.68. The van der Waals surface area contributed by atoms with Crippen molar-refractivity contribution in [1.29, 1.82) is 0 Å². The predicted octanol–water partition coefficient (Wildman–Crippen LogP) is 2.68. The van der Waals surface area contributed by atoms with Gasteiger partial charge in [-0.25, -0.2) is 0 Å². The Hall–Kier alpha value is -3.05. The van der Waals surface area contributed by atoms with Gasteiger partial charge in [0, 0.05) is 35.3 Å². The minimum Gasteiger partial charge on any atom is -0.872 e. The van der Waals surface area contributed by atoms with E-state index in [9.17, 15) is 9.90 Å². The molecule has 2 aromatic carbocycles. The Balaban J connectivity index is 1.49. The minimum absolute atomic E-state index is 0.0425. The number of carbonyl (C=O) groups excluding carboxylic acids is 1. The Labute approximate surface area is 176 Å². The number of nitrogens with one attached hydrogen (secondary N) is 1. The van der Waals surface area contributed by atoms with E-state index in [-0.39, 0.29) is 17.3 Å². The highest BCUT2D eigenvalue weighted by atomic mass is 16.5. The number of rotatable bonds is 3. The summed E-state index contributed by atoms with van der Waals surface area (Å²) in [6.07, 6.45) is 6.14. The number of aryl methyl sites for hydroxylation is 1. The molecule has 0 atom stereocenters. The third-order valence-corrected chi connectivity index (χ3v) is 6.52. The molecular formula is C25H26N2O3. The van der Waals surface area contributed by atoms with Crippen LogP contribution in [0.3, 0.4) is 0 Å². The third kappa shape index (κ3) is 3.19. The lowest BCUT2D eigenvalue weighted by atomic mass is 9.98. The first-order valence-corrected chi connectivity index (χ1v) is 10.7. The summed E-state index contributed by atoms with van der Waals surface area (Å²) in [4.78, 5) is 14.4. The van der Waals surface area contributed by atoms with E-state index < -0.39 is 0 Å². The summed E-state index contributed by atoms with van der Waals surface area (Å²) in [6.45, 7) is 5.00. The average molecular weight is 402 g/mol. The van der Waals surface area contributed by atoms with E-state index in [4.69, 9.17) is 4.74 Å². The number of hydrogen-bond acceptors (Lipinski definition) is 3. The van der Waals surface area contributed by atoms with E-state index in [2.05, 4.69) is 6.92 Å². The van der Waals surface area contributed by atoms with Crippen molar-refractivity contribution in [2.75, 3.05) is 13.1 Å². The molecule has 0 amide bonds. The molecule has 5 rings (SSSR count). The summed E-state index contributed by atoms with van der Waals surface area (Å²) in [6, 6.07) is 11.2. The highest BCUT2D eigenvalue weighted by Gasteiger charge is 2.32. The molecule has 1 aromatic heterocycles. The van der Waals surface area contributed by atoms with E-state index in [0.29, 0.717) is 23.4 Å². The summed E-state index contributed by atoms with van der Waals surface area (Å²) >= 11 is 0. The van der Waals surface area contributed by atoms with E-state index >= 15 is 0 Å². The number of Topliss-reactive ketones (excluding diaryl/α,β-unsaturated/α-hetero) is 1. The van der Waals surface area contributed by atoms with Gasteiger partial charge in [0.2, 0.25) is 5.78 Å². The Kier molecular flexibility index (Phi) is 4.63. The van der Waals surface area contributed by atoms with Crippen LogP contribution in [0.1, 0.15) is 41.3 Å². The van der Waals surface area contributed by atoms with Crippen molar-refractivity contribution >= 4 is 22.8 Å². The molecule has 1 N–H and O–H groups in total. The number of para-hydroxylation sites is 1. The maximum Gasteiger partial charge on any atom is 0.231 e. The molecule has 1 saturated heterocycles. The van der Waals surface area contributed by atoms with Crippen LogP contribution in [0.15, 0.2) is 48.4 Å². The van der Waals surface area contributed by atoms with Crippen LogP contribution < -0.4 is 14.7 Å². The van der Waals surface area contributed by atoms with Crippen LogP contribution in [0.25, 0.3) is 17.0 Å². The zero-order chi connectivity index (χ0) is 20.8. The first-order valence-electron chi connectivity index (χ1n) is 10.7. The molecule has 2 aliphatic rings. The molecule has 0 saturated carbocycles. The van der Waals surface area contributed by atoms with Gasteiger partial charge in [-0.2, -0.15) is 0 Å². The van der Waals surface area contributed by atoms with Crippen molar-refractivity contribution in [2.24, 2.45) is 13.0 Å². The largest absolute Gasteiger partial charge is 0.872 e. The van der Waals surface area contributed by atoms with Gasteiger partial charge in [-0.05, 0) is 37.0 Å². The molecule has 30 heavy (non-hydrogen) atoms. The van der Waals surface area contributed by atoms with Crippen molar-refractivity contribution in [2.45, 2.75) is 26.3 Å². The summed E-state index contributed by atoms with van der Waals surface area (Å²) in [5, 5.41) is 13.7. The number of likely N-dealkylation sites (tertiary alicyclic amines) is 1. The number of fused-ring (bicyclic) bond motifs is 2. The van der Waals surface area contributed by atoms with Crippen molar-refractivity contribution < 1.29 is 19.5 Å². The highest BCUT2D eigenvalue weighted by molar-refractivity contribution is 6.15. The molecule has 2 aliphatic heterocycles. The Bertz CT molecular complexity index is 1170. The quantitative estimate of drug-likeness (QED) is 0.686. The van der Waals surface area contributed by atoms with Crippen LogP contribution in [-0.2, 0) is 13.6 Å². The van der Waals surface area contributed by atoms with Crippen LogP contribution in [0, 0.1) is 5.92 Å². The molecule has 0 unspecified atom stereocenters. The Morgan fingerprint density at radius 3 is 2.77 bits per heavy atom. The fraction of sp³-hybridized carbons (Fsp3) is 0.320. The maximum absolute atomic E-state index is 13.0. The van der Waals surface area contributed by atoms with Crippen LogP contribution in [0.4, 0.5) is 0 Å². The predicted molar refractivity (Wildman–Crippen MR) is 115 cm³/mol. The number of aromatic nitrogens is 1. The zero-order valence-electron chi connectivity index (χ0n) is 17.4. The number of ether oxygens (including phenoxy) is 1. The summed E-state index contributed by atoms with van der Waals surface area (Å²) < 4.78 is 8.08. The second-order valence-corrected chi connectivity index (χ2v) is 8.68. The van der Waals surface area contributed by atoms with E-state index in [1.54, 1.807) is 12.1 Å². The van der Waals surface area contributed by atoms with Crippen LogP contribution in [0.5, 0.6) is 11.5 Å². The second-order valence-electron chi connectivity index (χ2n) is 8.68. The molecular weight excluding hydrogens is 376 g/mol. The molecule has 1 fully saturated rings. The van der Waals surface area contributed by atoms with Crippen LogP contribution in [0.2, 0.25) is 0 Å². The third-order valence-electron chi connectivity index (χ3n) is 6.52. The average Bonchev–Trinajstić information content (AvgIpc) is 3.23. The topological polar surface area (TPSA) is 58.7 Å². The summed E-state index contributed by atoms with van der Waals surface area (Å²) in [5.74, 6) is 1.30. The SMILES string of the molecule is CC1CC[NH+](Cc2c([O-])ccc3c2O/C(=C/c2cn(C)c4ccccc24)C3=O)CC1. The van der Waals surface area contributed by atoms with Gasteiger partial charge in [0.15, 0.2) is 5.76 Å². The number of hydrogen-bond donors (Lipinski definition) is 1. The van der Waals surface area contributed by atoms with Gasteiger partial charge < -0.3 is 19.3 Å². The normalized spacial score (nSPS) is 22.5. The van der Waals surface area contributed by atoms with Gasteiger partial charge in [-0.3, -0.25) is 4.79 Å². The summed E-state index contributed by atoms with van der Waals surface area (Å²) in [7, 11) is 1.99. The zero-order valence-corrected chi connectivity index (χ0v) is 17.4. The first-order chi connectivity index (χ1) is 14.5. The van der Waals surface area contributed by atoms with Gasteiger partial charge >= 0.3 is 0 Å². The molecule has 3 aromatic rings. The Morgan fingerprint density at radius 1 is 1.20 bits per heavy atom. The van der Waals surface area contributed by atoms with Gasteiger partial charge in [0.05, 0.1) is 18.7 Å². The van der Waals surface area contributed by atoms with Crippen molar-refractivity contribution in [1.82, 2.24) is 4.57 Å². The number of nitrogens with zero attached hydrogens (tertiary/aromatic N) is 1. The Morgan fingerprint density at radius 2 is 1.97 bits per heavy atom. The van der Waals surface area contributed by atoms with Crippen molar-refractivity contribution in [3.63, 3.8) is 0 Å². The van der Waals surface area contributed by atoms with Gasteiger partial charge in [-0.15, -0.1) is 0 Å². The monoisotopic (exact) mass is 402 g/mol. The lowest BCUT2D eigenvalue weighted by Crippen LogP contribution is -3.11. The first kappa shape index (κ1) is 18.9. The van der Waals surface area contributed by atoms with Crippen LogP contribution >= 0.6 is 0 Å². The maximum atomic E-state index is 13.0. The molecule has 0 bridgehead atoms. The van der Waals surface area contributed by atoms with E-state index in [0.717, 1.165) is 35.5 Å². The second kappa shape index (κ2) is 7.33. The van der Waals surface area contributed by atoms with Crippen LogP contribution in [-0.4, -0.2) is 23.4 Å². The van der Waals surface area contributed by atoms with Gasteiger partial charge in [0.25, 0.3) is 0 Å². The minimum atomic E-state index is -0.151. The number of allylic oxidation sites excluding steroid dienone is 1. The van der Waals surface area contributed by atoms with E-state index in [1.165, 1.54) is 23.8 Å². The highest BCUT2D eigenvalue weighted by Crippen LogP contribution is 2.38.